The minimum Gasteiger partial charge on any atom is -0.379 e. The van der Waals surface area contributed by atoms with Crippen LogP contribution in [0.15, 0.2) is 0 Å². The summed E-state index contributed by atoms with van der Waals surface area (Å²) < 4.78 is 11.6. The predicted molar refractivity (Wildman–Crippen MR) is 75.9 cm³/mol. The van der Waals surface area contributed by atoms with Gasteiger partial charge in [-0.15, -0.1) is 0 Å². The molecule has 0 radical (unpaired) electrons. The Hall–Kier alpha value is -0.120. The molecule has 1 rings (SSSR count). The molecule has 1 aliphatic carbocycles. The Kier molecular flexibility index (Phi) is 6.61. The first-order valence-electron chi connectivity index (χ1n) is 7.47. The Labute approximate surface area is 113 Å². The lowest BCUT2D eigenvalue weighted by Crippen LogP contribution is -2.47. The lowest BCUT2D eigenvalue weighted by atomic mass is 9.87. The molecule has 1 aliphatic rings. The van der Waals surface area contributed by atoms with E-state index in [2.05, 4.69) is 33.0 Å². The van der Waals surface area contributed by atoms with Crippen LogP contribution in [-0.4, -0.2) is 38.0 Å². The standard InChI is InChI=1S/C15H31NO2/c1-6-10-16-14-13(8-9-15(14,4)5)18-12(3)11-17-7-2/h12-14,16H,6-11H2,1-5H3. The first-order valence-corrected chi connectivity index (χ1v) is 7.47. The van der Waals surface area contributed by atoms with E-state index in [-0.39, 0.29) is 6.10 Å². The summed E-state index contributed by atoms with van der Waals surface area (Å²) >= 11 is 0. The van der Waals surface area contributed by atoms with E-state index in [1.54, 1.807) is 0 Å². The van der Waals surface area contributed by atoms with E-state index in [9.17, 15) is 0 Å². The molecule has 0 aliphatic heterocycles. The Balaban J connectivity index is 2.47. The minimum absolute atomic E-state index is 0.190. The molecule has 0 aromatic carbocycles. The molecule has 0 saturated heterocycles. The van der Waals surface area contributed by atoms with Crippen molar-refractivity contribution in [3.63, 3.8) is 0 Å². The SMILES string of the molecule is CCCNC1C(OC(C)COCC)CCC1(C)C. The van der Waals surface area contributed by atoms with Crippen LogP contribution in [0.3, 0.4) is 0 Å². The molecule has 3 atom stereocenters. The summed E-state index contributed by atoms with van der Waals surface area (Å²) in [6, 6.07) is 0.474. The van der Waals surface area contributed by atoms with Gasteiger partial charge in [0.2, 0.25) is 0 Å². The third kappa shape index (κ3) is 4.52. The molecule has 0 heterocycles. The quantitative estimate of drug-likeness (QED) is 0.725. The first kappa shape index (κ1) is 15.9. The highest BCUT2D eigenvalue weighted by Gasteiger charge is 2.42. The normalized spacial score (nSPS) is 28.5. The third-order valence-electron chi connectivity index (χ3n) is 3.86. The molecule has 3 heteroatoms. The lowest BCUT2D eigenvalue weighted by Gasteiger charge is -2.32. The highest BCUT2D eigenvalue weighted by atomic mass is 16.5. The highest BCUT2D eigenvalue weighted by Crippen LogP contribution is 2.39. The summed E-state index contributed by atoms with van der Waals surface area (Å²) in [4.78, 5) is 0. The fourth-order valence-corrected chi connectivity index (χ4v) is 2.82. The van der Waals surface area contributed by atoms with Gasteiger partial charge in [-0.3, -0.25) is 0 Å². The van der Waals surface area contributed by atoms with Crippen LogP contribution in [0.25, 0.3) is 0 Å². The van der Waals surface area contributed by atoms with E-state index >= 15 is 0 Å². The fourth-order valence-electron chi connectivity index (χ4n) is 2.82. The van der Waals surface area contributed by atoms with Crippen LogP contribution in [0.5, 0.6) is 0 Å². The van der Waals surface area contributed by atoms with Gasteiger partial charge >= 0.3 is 0 Å². The number of hydrogen-bond donors (Lipinski definition) is 1. The molecular weight excluding hydrogens is 226 g/mol. The van der Waals surface area contributed by atoms with Crippen molar-refractivity contribution in [2.75, 3.05) is 19.8 Å². The van der Waals surface area contributed by atoms with Crippen molar-refractivity contribution in [2.45, 2.75) is 72.1 Å². The van der Waals surface area contributed by atoms with Gasteiger partial charge in [-0.1, -0.05) is 20.8 Å². The van der Waals surface area contributed by atoms with Crippen molar-refractivity contribution in [2.24, 2.45) is 5.41 Å². The summed E-state index contributed by atoms with van der Waals surface area (Å²) in [6.07, 6.45) is 4.09. The Morgan fingerprint density at radius 1 is 1.33 bits per heavy atom. The zero-order valence-electron chi connectivity index (χ0n) is 12.8. The molecule has 3 nitrogen and oxygen atoms in total. The van der Waals surface area contributed by atoms with Crippen LogP contribution in [0, 0.1) is 5.41 Å². The Morgan fingerprint density at radius 3 is 2.67 bits per heavy atom. The molecule has 18 heavy (non-hydrogen) atoms. The van der Waals surface area contributed by atoms with Crippen molar-refractivity contribution >= 4 is 0 Å². The van der Waals surface area contributed by atoms with E-state index in [1.165, 1.54) is 12.8 Å². The van der Waals surface area contributed by atoms with Crippen LogP contribution in [0.4, 0.5) is 0 Å². The summed E-state index contributed by atoms with van der Waals surface area (Å²) in [5, 5.41) is 3.67. The molecule has 1 N–H and O–H groups in total. The van der Waals surface area contributed by atoms with Gasteiger partial charge in [-0.2, -0.15) is 0 Å². The number of nitrogens with one attached hydrogen (secondary N) is 1. The largest absolute Gasteiger partial charge is 0.379 e. The number of ether oxygens (including phenoxy) is 2. The molecule has 0 spiro atoms. The van der Waals surface area contributed by atoms with E-state index in [4.69, 9.17) is 9.47 Å². The maximum absolute atomic E-state index is 6.17. The zero-order chi connectivity index (χ0) is 13.6. The number of hydrogen-bond acceptors (Lipinski definition) is 3. The molecule has 0 aromatic heterocycles. The van der Waals surface area contributed by atoms with Gasteiger partial charge in [0.15, 0.2) is 0 Å². The number of rotatable bonds is 8. The van der Waals surface area contributed by atoms with Gasteiger partial charge in [0.05, 0.1) is 18.8 Å². The molecular formula is C15H31NO2. The Bertz CT molecular complexity index is 231. The summed E-state index contributed by atoms with van der Waals surface area (Å²) in [6.45, 7) is 13.6. The molecule has 0 bridgehead atoms. The monoisotopic (exact) mass is 257 g/mol. The van der Waals surface area contributed by atoms with E-state index in [1.807, 2.05) is 6.92 Å². The summed E-state index contributed by atoms with van der Waals surface area (Å²) in [5.74, 6) is 0. The van der Waals surface area contributed by atoms with Crippen LogP contribution < -0.4 is 5.32 Å². The first-order chi connectivity index (χ1) is 8.51. The summed E-state index contributed by atoms with van der Waals surface area (Å²) in [7, 11) is 0. The predicted octanol–water partition coefficient (Wildman–Crippen LogP) is 2.98. The zero-order valence-corrected chi connectivity index (χ0v) is 12.8. The Morgan fingerprint density at radius 2 is 2.06 bits per heavy atom. The third-order valence-corrected chi connectivity index (χ3v) is 3.86. The molecule has 1 fully saturated rings. The van der Waals surface area contributed by atoms with Crippen molar-refractivity contribution in [3.05, 3.63) is 0 Å². The lowest BCUT2D eigenvalue weighted by molar-refractivity contribution is -0.0577. The average Bonchev–Trinajstić information content (AvgIpc) is 2.59. The van der Waals surface area contributed by atoms with E-state index in [0.29, 0.717) is 24.2 Å². The van der Waals surface area contributed by atoms with Crippen LogP contribution in [-0.2, 0) is 9.47 Å². The minimum atomic E-state index is 0.190. The second-order valence-electron chi connectivity index (χ2n) is 6.10. The molecule has 3 unspecified atom stereocenters. The average molecular weight is 257 g/mol. The van der Waals surface area contributed by atoms with Crippen molar-refractivity contribution < 1.29 is 9.47 Å². The van der Waals surface area contributed by atoms with Crippen molar-refractivity contribution in [1.29, 1.82) is 0 Å². The van der Waals surface area contributed by atoms with Crippen molar-refractivity contribution in [3.8, 4) is 0 Å². The maximum Gasteiger partial charge on any atom is 0.0785 e. The second-order valence-corrected chi connectivity index (χ2v) is 6.10. The van der Waals surface area contributed by atoms with Gasteiger partial charge in [-0.05, 0) is 45.1 Å². The van der Waals surface area contributed by atoms with Gasteiger partial charge < -0.3 is 14.8 Å². The maximum atomic E-state index is 6.17. The topological polar surface area (TPSA) is 30.5 Å². The molecule has 0 aromatic rings. The van der Waals surface area contributed by atoms with Crippen LogP contribution >= 0.6 is 0 Å². The van der Waals surface area contributed by atoms with E-state index in [0.717, 1.165) is 19.6 Å². The van der Waals surface area contributed by atoms with Crippen LogP contribution in [0.2, 0.25) is 0 Å². The summed E-state index contributed by atoms with van der Waals surface area (Å²) in [5.41, 5.74) is 0.338. The fraction of sp³-hybridized carbons (Fsp3) is 1.00. The smallest absolute Gasteiger partial charge is 0.0785 e. The second kappa shape index (κ2) is 7.46. The van der Waals surface area contributed by atoms with Crippen LogP contribution in [0.1, 0.15) is 53.9 Å². The van der Waals surface area contributed by atoms with Gasteiger partial charge in [0, 0.05) is 12.6 Å². The van der Waals surface area contributed by atoms with Gasteiger partial charge in [-0.25, -0.2) is 0 Å². The van der Waals surface area contributed by atoms with Gasteiger partial charge in [0.25, 0.3) is 0 Å². The van der Waals surface area contributed by atoms with Gasteiger partial charge in [0.1, 0.15) is 0 Å². The molecule has 1 saturated carbocycles. The van der Waals surface area contributed by atoms with Crippen molar-refractivity contribution in [1.82, 2.24) is 5.32 Å². The molecule has 0 amide bonds. The molecule has 108 valence electrons. The highest BCUT2D eigenvalue weighted by molar-refractivity contribution is 4.97. The van der Waals surface area contributed by atoms with E-state index < -0.39 is 0 Å².